The average molecular weight is 264 g/mol. The molecular weight excluding hydrogens is 246 g/mol. The molecule has 0 saturated heterocycles. The number of nitrogens with two attached hydrogens (primary N) is 1. The van der Waals surface area contributed by atoms with Crippen LogP contribution in [0.2, 0.25) is 5.02 Å². The van der Waals surface area contributed by atoms with E-state index in [0.717, 1.165) is 28.7 Å². The highest BCUT2D eigenvalue weighted by Crippen LogP contribution is 2.30. The van der Waals surface area contributed by atoms with Crippen LogP contribution in [0, 0.1) is 5.41 Å². The largest absolute Gasteiger partial charge is 0.322 e. The highest BCUT2D eigenvalue weighted by molar-refractivity contribution is 6.35. The number of nitrogens with zero attached hydrogens (tertiary/aromatic N) is 1. The van der Waals surface area contributed by atoms with Gasteiger partial charge in [-0.1, -0.05) is 38.4 Å². The lowest BCUT2D eigenvalue weighted by Gasteiger charge is -2.20. The van der Waals surface area contributed by atoms with Crippen molar-refractivity contribution in [2.75, 3.05) is 5.43 Å². The first kappa shape index (κ1) is 13.1. The Balaban J connectivity index is 2.59. The minimum absolute atomic E-state index is 0.158. The van der Waals surface area contributed by atoms with E-state index in [1.165, 1.54) is 0 Å². The van der Waals surface area contributed by atoms with Gasteiger partial charge in [-0.25, -0.2) is 0 Å². The van der Waals surface area contributed by atoms with Gasteiger partial charge in [0, 0.05) is 5.39 Å². The molecule has 96 valence electrons. The highest BCUT2D eigenvalue weighted by atomic mass is 35.5. The topological polar surface area (TPSA) is 50.9 Å². The maximum atomic E-state index is 6.16. The summed E-state index contributed by atoms with van der Waals surface area (Å²) in [4.78, 5) is 4.67. The number of pyridine rings is 1. The fourth-order valence-electron chi connectivity index (χ4n) is 1.96. The Hall–Kier alpha value is -1.32. The molecule has 0 aliphatic heterocycles. The van der Waals surface area contributed by atoms with E-state index in [1.807, 2.05) is 24.3 Å². The van der Waals surface area contributed by atoms with Crippen molar-refractivity contribution in [1.29, 1.82) is 0 Å². The van der Waals surface area contributed by atoms with E-state index in [0.29, 0.717) is 5.02 Å². The van der Waals surface area contributed by atoms with Crippen LogP contribution in [-0.4, -0.2) is 4.98 Å². The van der Waals surface area contributed by atoms with Crippen LogP contribution < -0.4 is 11.3 Å². The zero-order valence-corrected chi connectivity index (χ0v) is 11.7. The molecule has 1 aromatic carbocycles. The second kappa shape index (κ2) is 4.75. The van der Waals surface area contributed by atoms with Gasteiger partial charge < -0.3 is 5.43 Å². The Morgan fingerprint density at radius 1 is 1.33 bits per heavy atom. The van der Waals surface area contributed by atoms with E-state index in [4.69, 9.17) is 17.4 Å². The Morgan fingerprint density at radius 3 is 2.67 bits per heavy atom. The highest BCUT2D eigenvalue weighted by Gasteiger charge is 2.16. The van der Waals surface area contributed by atoms with Crippen LogP contribution in [-0.2, 0) is 6.42 Å². The van der Waals surface area contributed by atoms with Gasteiger partial charge >= 0.3 is 0 Å². The molecule has 3 nitrogen and oxygen atoms in total. The summed E-state index contributed by atoms with van der Waals surface area (Å²) in [6.07, 6.45) is 0.856. The molecule has 4 heteroatoms. The Kier molecular flexibility index (Phi) is 3.46. The minimum atomic E-state index is 0.158. The number of hydrogen-bond donors (Lipinski definition) is 2. The van der Waals surface area contributed by atoms with Gasteiger partial charge in [-0.15, -0.1) is 0 Å². The van der Waals surface area contributed by atoms with Crippen molar-refractivity contribution in [2.45, 2.75) is 27.2 Å². The molecular formula is C14H18ClN3. The van der Waals surface area contributed by atoms with Crippen molar-refractivity contribution in [3.63, 3.8) is 0 Å². The van der Waals surface area contributed by atoms with Crippen molar-refractivity contribution in [1.82, 2.24) is 4.98 Å². The van der Waals surface area contributed by atoms with Gasteiger partial charge in [0.2, 0.25) is 0 Å². The summed E-state index contributed by atoms with van der Waals surface area (Å²) < 4.78 is 0. The molecule has 18 heavy (non-hydrogen) atoms. The second-order valence-electron chi connectivity index (χ2n) is 5.67. The molecule has 0 aliphatic carbocycles. The van der Waals surface area contributed by atoms with Gasteiger partial charge in [-0.2, -0.15) is 0 Å². The molecule has 0 unspecified atom stereocenters. The Labute approximate surface area is 112 Å². The van der Waals surface area contributed by atoms with Crippen molar-refractivity contribution in [2.24, 2.45) is 11.3 Å². The summed E-state index contributed by atoms with van der Waals surface area (Å²) in [5.74, 6) is 5.58. The normalized spacial score (nSPS) is 11.8. The molecule has 0 bridgehead atoms. The smallest absolute Gasteiger partial charge is 0.0721 e. The molecule has 0 spiro atoms. The van der Waals surface area contributed by atoms with Crippen LogP contribution in [0.15, 0.2) is 24.3 Å². The lowest BCUT2D eigenvalue weighted by atomic mass is 9.89. The number of fused-ring (bicyclic) bond motifs is 1. The van der Waals surface area contributed by atoms with Crippen LogP contribution in [0.1, 0.15) is 26.5 Å². The average Bonchev–Trinajstić information content (AvgIpc) is 2.26. The number of nitrogens with one attached hydrogen (secondary N) is 1. The zero-order valence-electron chi connectivity index (χ0n) is 10.9. The van der Waals surface area contributed by atoms with Gasteiger partial charge in [-0.05, 0) is 30.0 Å². The maximum absolute atomic E-state index is 6.16. The third-order valence-corrected chi connectivity index (χ3v) is 3.07. The standard InChI is InChI=1S/C14H18ClN3/c1-14(2,3)8-13-12(18-16)7-9-10(15)5-4-6-11(9)17-13/h4-7,18H,8,16H2,1-3H3. The van der Waals surface area contributed by atoms with Crippen molar-refractivity contribution < 1.29 is 0 Å². The number of anilines is 1. The van der Waals surface area contributed by atoms with E-state index in [2.05, 4.69) is 31.2 Å². The maximum Gasteiger partial charge on any atom is 0.0721 e. The summed E-state index contributed by atoms with van der Waals surface area (Å²) in [5, 5.41) is 1.61. The number of hydrazine groups is 1. The van der Waals surface area contributed by atoms with Gasteiger partial charge in [0.25, 0.3) is 0 Å². The van der Waals surface area contributed by atoms with Crippen LogP contribution in [0.4, 0.5) is 5.69 Å². The van der Waals surface area contributed by atoms with Gasteiger partial charge in [0.05, 0.1) is 21.9 Å². The van der Waals surface area contributed by atoms with E-state index in [9.17, 15) is 0 Å². The van der Waals surface area contributed by atoms with Crippen LogP contribution in [0.3, 0.4) is 0 Å². The van der Waals surface area contributed by atoms with Crippen molar-refractivity contribution in [3.8, 4) is 0 Å². The van der Waals surface area contributed by atoms with Gasteiger partial charge in [0.15, 0.2) is 0 Å². The van der Waals surface area contributed by atoms with Gasteiger partial charge in [0.1, 0.15) is 0 Å². The number of benzene rings is 1. The monoisotopic (exact) mass is 263 g/mol. The zero-order chi connectivity index (χ0) is 13.3. The predicted octanol–water partition coefficient (Wildman–Crippen LogP) is 3.76. The first-order valence-corrected chi connectivity index (χ1v) is 6.33. The van der Waals surface area contributed by atoms with E-state index >= 15 is 0 Å². The number of aromatic nitrogens is 1. The quantitative estimate of drug-likeness (QED) is 0.641. The van der Waals surface area contributed by atoms with E-state index in [1.54, 1.807) is 0 Å². The number of nitrogen functional groups attached to an aromatic ring is 1. The number of halogens is 1. The summed E-state index contributed by atoms with van der Waals surface area (Å²) in [6.45, 7) is 6.53. The summed E-state index contributed by atoms with van der Waals surface area (Å²) in [5.41, 5.74) is 5.59. The predicted molar refractivity (Wildman–Crippen MR) is 77.7 cm³/mol. The Morgan fingerprint density at radius 2 is 2.06 bits per heavy atom. The fourth-order valence-corrected chi connectivity index (χ4v) is 2.19. The lowest BCUT2D eigenvalue weighted by Crippen LogP contribution is -2.16. The molecule has 3 N–H and O–H groups in total. The van der Waals surface area contributed by atoms with Crippen LogP contribution in [0.5, 0.6) is 0 Å². The van der Waals surface area contributed by atoms with Crippen molar-refractivity contribution in [3.05, 3.63) is 35.0 Å². The SMILES string of the molecule is CC(C)(C)Cc1nc2cccc(Cl)c2cc1NN. The third-order valence-electron chi connectivity index (χ3n) is 2.74. The first-order valence-electron chi connectivity index (χ1n) is 5.95. The summed E-state index contributed by atoms with van der Waals surface area (Å²) >= 11 is 6.16. The number of rotatable bonds is 2. The molecule has 0 saturated carbocycles. The third kappa shape index (κ3) is 2.74. The van der Waals surface area contributed by atoms with Crippen LogP contribution >= 0.6 is 11.6 Å². The Bertz CT molecular complexity index is 573. The van der Waals surface area contributed by atoms with Gasteiger partial charge in [-0.3, -0.25) is 10.8 Å². The molecule has 0 amide bonds. The summed E-state index contributed by atoms with van der Waals surface area (Å²) in [7, 11) is 0. The molecule has 1 heterocycles. The molecule has 1 aromatic heterocycles. The summed E-state index contributed by atoms with van der Waals surface area (Å²) in [6, 6.07) is 7.70. The van der Waals surface area contributed by atoms with E-state index in [-0.39, 0.29) is 5.41 Å². The fraction of sp³-hybridized carbons (Fsp3) is 0.357. The molecule has 2 rings (SSSR count). The van der Waals surface area contributed by atoms with E-state index < -0.39 is 0 Å². The molecule has 0 atom stereocenters. The van der Waals surface area contributed by atoms with Crippen LogP contribution in [0.25, 0.3) is 10.9 Å². The molecule has 0 radical (unpaired) electrons. The lowest BCUT2D eigenvalue weighted by molar-refractivity contribution is 0.407. The van der Waals surface area contributed by atoms with Crippen molar-refractivity contribution >= 4 is 28.2 Å². The molecule has 0 fully saturated rings. The molecule has 2 aromatic rings. The second-order valence-corrected chi connectivity index (χ2v) is 6.08. The minimum Gasteiger partial charge on any atom is -0.322 e. The number of hydrogen-bond acceptors (Lipinski definition) is 3. The first-order chi connectivity index (χ1) is 8.40. The molecule has 0 aliphatic rings.